The van der Waals surface area contributed by atoms with Gasteiger partial charge in [-0.05, 0) is 31.2 Å². The summed E-state index contributed by atoms with van der Waals surface area (Å²) >= 11 is 6.17. The molecule has 0 aliphatic rings. The smallest absolute Gasteiger partial charge is 0.213 e. The fraction of sp³-hybridized carbons (Fsp3) is 0.267. The quantitative estimate of drug-likeness (QED) is 0.889. The van der Waals surface area contributed by atoms with Gasteiger partial charge in [0.05, 0.1) is 12.8 Å². The summed E-state index contributed by atoms with van der Waals surface area (Å²) in [5, 5.41) is 0.673. The van der Waals surface area contributed by atoms with E-state index < -0.39 is 0 Å². The fourth-order valence-electron chi connectivity index (χ4n) is 1.86. The summed E-state index contributed by atoms with van der Waals surface area (Å²) in [5.41, 5.74) is 7.33. The first-order valence-electron chi connectivity index (χ1n) is 6.34. The summed E-state index contributed by atoms with van der Waals surface area (Å²) in [4.78, 5) is 4.30. The van der Waals surface area contributed by atoms with Crippen LogP contribution in [0.25, 0.3) is 0 Å². The molecule has 20 heavy (non-hydrogen) atoms. The van der Waals surface area contributed by atoms with Crippen molar-refractivity contribution in [1.82, 2.24) is 4.98 Å². The van der Waals surface area contributed by atoms with E-state index in [0.29, 0.717) is 30.5 Å². The lowest BCUT2D eigenvalue weighted by Gasteiger charge is -2.12. The van der Waals surface area contributed by atoms with E-state index >= 15 is 0 Å². The lowest BCUT2D eigenvalue weighted by atomic mass is 10.1. The maximum Gasteiger partial charge on any atom is 0.213 e. The van der Waals surface area contributed by atoms with Crippen molar-refractivity contribution >= 4 is 11.6 Å². The molecule has 0 aliphatic carbocycles. The molecule has 106 valence electrons. The SMILES string of the molecule is COc1cccc(COc2cccc(Cl)c2CCN)n1. The van der Waals surface area contributed by atoms with Gasteiger partial charge >= 0.3 is 0 Å². The Balaban J connectivity index is 2.12. The van der Waals surface area contributed by atoms with E-state index in [4.69, 9.17) is 26.8 Å². The minimum atomic E-state index is 0.356. The number of halogens is 1. The molecule has 1 aromatic heterocycles. The lowest BCUT2D eigenvalue weighted by molar-refractivity contribution is 0.295. The number of pyridine rings is 1. The van der Waals surface area contributed by atoms with E-state index in [-0.39, 0.29) is 0 Å². The van der Waals surface area contributed by atoms with Crippen LogP contribution in [-0.2, 0) is 13.0 Å². The van der Waals surface area contributed by atoms with Crippen molar-refractivity contribution in [3.63, 3.8) is 0 Å². The zero-order valence-electron chi connectivity index (χ0n) is 11.3. The molecule has 2 N–H and O–H groups in total. The van der Waals surface area contributed by atoms with Crippen LogP contribution in [0.3, 0.4) is 0 Å². The molecule has 0 saturated carbocycles. The summed E-state index contributed by atoms with van der Waals surface area (Å²) in [6.45, 7) is 0.882. The Morgan fingerprint density at radius 1 is 1.20 bits per heavy atom. The Morgan fingerprint density at radius 3 is 2.75 bits per heavy atom. The summed E-state index contributed by atoms with van der Waals surface area (Å²) in [6, 6.07) is 11.1. The van der Waals surface area contributed by atoms with Crippen LogP contribution in [0.2, 0.25) is 5.02 Å². The van der Waals surface area contributed by atoms with Gasteiger partial charge in [-0.2, -0.15) is 0 Å². The van der Waals surface area contributed by atoms with Crippen molar-refractivity contribution in [2.45, 2.75) is 13.0 Å². The number of hydrogen-bond donors (Lipinski definition) is 1. The van der Waals surface area contributed by atoms with Gasteiger partial charge < -0.3 is 15.2 Å². The fourth-order valence-corrected chi connectivity index (χ4v) is 2.12. The van der Waals surface area contributed by atoms with Gasteiger partial charge in [-0.25, -0.2) is 4.98 Å². The first-order chi connectivity index (χ1) is 9.74. The zero-order chi connectivity index (χ0) is 14.4. The summed E-state index contributed by atoms with van der Waals surface area (Å²) < 4.78 is 10.9. The average Bonchev–Trinajstić information content (AvgIpc) is 2.48. The summed E-state index contributed by atoms with van der Waals surface area (Å²) in [6.07, 6.45) is 0.681. The van der Waals surface area contributed by atoms with Crippen LogP contribution in [0.15, 0.2) is 36.4 Å². The predicted octanol–water partition coefficient (Wildman–Crippen LogP) is 2.82. The molecule has 0 atom stereocenters. The van der Waals surface area contributed by atoms with Crippen molar-refractivity contribution in [2.24, 2.45) is 5.73 Å². The summed E-state index contributed by atoms with van der Waals surface area (Å²) in [7, 11) is 1.59. The highest BCUT2D eigenvalue weighted by atomic mass is 35.5. The molecule has 1 heterocycles. The molecule has 0 fully saturated rings. The summed E-state index contributed by atoms with van der Waals surface area (Å²) in [5.74, 6) is 1.31. The van der Waals surface area contributed by atoms with Gasteiger partial charge in [0.2, 0.25) is 5.88 Å². The van der Waals surface area contributed by atoms with Crippen LogP contribution in [0.1, 0.15) is 11.3 Å². The zero-order valence-corrected chi connectivity index (χ0v) is 12.1. The normalized spacial score (nSPS) is 10.3. The van der Waals surface area contributed by atoms with Crippen LogP contribution < -0.4 is 15.2 Å². The molecule has 0 bridgehead atoms. The molecule has 0 radical (unpaired) electrons. The average molecular weight is 293 g/mol. The van der Waals surface area contributed by atoms with Crippen LogP contribution in [0.5, 0.6) is 11.6 Å². The first-order valence-corrected chi connectivity index (χ1v) is 6.72. The number of nitrogens with zero attached hydrogens (tertiary/aromatic N) is 1. The third kappa shape index (κ3) is 3.62. The van der Waals surface area contributed by atoms with E-state index in [1.807, 2.05) is 30.3 Å². The number of nitrogens with two attached hydrogens (primary N) is 1. The highest BCUT2D eigenvalue weighted by molar-refractivity contribution is 6.31. The van der Waals surface area contributed by atoms with Gasteiger partial charge in [0.25, 0.3) is 0 Å². The van der Waals surface area contributed by atoms with Gasteiger partial charge in [0.1, 0.15) is 12.4 Å². The van der Waals surface area contributed by atoms with Crippen LogP contribution in [0.4, 0.5) is 0 Å². The molecular weight excluding hydrogens is 276 g/mol. The number of rotatable bonds is 6. The Bertz CT molecular complexity index is 576. The van der Waals surface area contributed by atoms with Gasteiger partial charge in [-0.1, -0.05) is 23.7 Å². The van der Waals surface area contributed by atoms with Gasteiger partial charge in [-0.15, -0.1) is 0 Å². The Kier molecular flexibility index (Phi) is 5.21. The highest BCUT2D eigenvalue weighted by Gasteiger charge is 2.08. The molecule has 4 nitrogen and oxygen atoms in total. The van der Waals surface area contributed by atoms with Crippen molar-refractivity contribution in [3.05, 3.63) is 52.7 Å². The monoisotopic (exact) mass is 292 g/mol. The van der Waals surface area contributed by atoms with E-state index in [2.05, 4.69) is 4.98 Å². The maximum atomic E-state index is 6.17. The van der Waals surface area contributed by atoms with E-state index in [1.54, 1.807) is 13.2 Å². The molecule has 2 aromatic rings. The van der Waals surface area contributed by atoms with E-state index in [0.717, 1.165) is 17.0 Å². The van der Waals surface area contributed by atoms with E-state index in [1.165, 1.54) is 0 Å². The van der Waals surface area contributed by atoms with Crippen molar-refractivity contribution < 1.29 is 9.47 Å². The third-order valence-corrected chi connectivity index (χ3v) is 3.19. The number of methoxy groups -OCH3 is 1. The second kappa shape index (κ2) is 7.12. The van der Waals surface area contributed by atoms with Crippen LogP contribution >= 0.6 is 11.6 Å². The number of ether oxygens (including phenoxy) is 2. The first kappa shape index (κ1) is 14.6. The van der Waals surface area contributed by atoms with Gasteiger partial charge in [-0.3, -0.25) is 0 Å². The van der Waals surface area contributed by atoms with E-state index in [9.17, 15) is 0 Å². The second-order valence-electron chi connectivity index (χ2n) is 4.22. The van der Waals surface area contributed by atoms with Crippen LogP contribution in [-0.4, -0.2) is 18.6 Å². The number of aromatic nitrogens is 1. The van der Waals surface area contributed by atoms with Gasteiger partial charge in [0, 0.05) is 16.7 Å². The molecule has 2 rings (SSSR count). The standard InChI is InChI=1S/C15H17ClN2O2/c1-19-15-7-2-4-11(18-15)10-20-14-6-3-5-13(16)12(14)8-9-17/h2-7H,8-10,17H2,1H3. The molecule has 1 aromatic carbocycles. The number of benzene rings is 1. The minimum Gasteiger partial charge on any atom is -0.487 e. The van der Waals surface area contributed by atoms with Crippen molar-refractivity contribution in [1.29, 1.82) is 0 Å². The topological polar surface area (TPSA) is 57.4 Å². The molecule has 0 unspecified atom stereocenters. The maximum absolute atomic E-state index is 6.17. The Labute approximate surface area is 123 Å². The Morgan fingerprint density at radius 2 is 2.00 bits per heavy atom. The molecule has 5 heteroatoms. The third-order valence-electron chi connectivity index (χ3n) is 2.84. The van der Waals surface area contributed by atoms with Crippen molar-refractivity contribution in [2.75, 3.05) is 13.7 Å². The molecule has 0 saturated heterocycles. The molecular formula is C15H17ClN2O2. The van der Waals surface area contributed by atoms with Crippen molar-refractivity contribution in [3.8, 4) is 11.6 Å². The van der Waals surface area contributed by atoms with Crippen LogP contribution in [0, 0.1) is 0 Å². The lowest BCUT2D eigenvalue weighted by Crippen LogP contribution is -2.06. The highest BCUT2D eigenvalue weighted by Crippen LogP contribution is 2.27. The minimum absolute atomic E-state index is 0.356. The Hall–Kier alpha value is -1.78. The molecule has 0 aliphatic heterocycles. The predicted molar refractivity (Wildman–Crippen MR) is 79.3 cm³/mol. The van der Waals surface area contributed by atoms with Gasteiger partial charge in [0.15, 0.2) is 0 Å². The molecule has 0 spiro atoms. The molecule has 0 amide bonds. The second-order valence-corrected chi connectivity index (χ2v) is 4.62. The number of hydrogen-bond acceptors (Lipinski definition) is 4. The largest absolute Gasteiger partial charge is 0.487 e.